The molecule has 1 heterocycles. The van der Waals surface area contributed by atoms with E-state index in [1.165, 1.54) is 18.2 Å². The monoisotopic (exact) mass is 317 g/mol. The SMILES string of the molecule is CS(=O)(=O)c1cc(C(=O)NCC2CCCO2)ccc1Cl. The maximum Gasteiger partial charge on any atom is 0.251 e. The Morgan fingerprint density at radius 1 is 1.50 bits per heavy atom. The summed E-state index contributed by atoms with van der Waals surface area (Å²) in [6.07, 6.45) is 3.03. The summed E-state index contributed by atoms with van der Waals surface area (Å²) < 4.78 is 28.5. The molecule has 1 aromatic carbocycles. The Morgan fingerprint density at radius 3 is 2.85 bits per heavy atom. The van der Waals surface area contributed by atoms with E-state index in [-0.39, 0.29) is 27.5 Å². The minimum atomic E-state index is -3.46. The third-order valence-electron chi connectivity index (χ3n) is 3.11. The molecule has 0 radical (unpaired) electrons. The lowest BCUT2D eigenvalue weighted by Crippen LogP contribution is -2.31. The highest BCUT2D eigenvalue weighted by Gasteiger charge is 2.18. The number of sulfone groups is 1. The largest absolute Gasteiger partial charge is 0.376 e. The average molecular weight is 318 g/mol. The van der Waals surface area contributed by atoms with Crippen molar-refractivity contribution in [2.75, 3.05) is 19.4 Å². The number of carbonyl (C=O) groups excluding carboxylic acids is 1. The average Bonchev–Trinajstić information content (AvgIpc) is 2.88. The number of hydrogen-bond acceptors (Lipinski definition) is 4. The standard InChI is InChI=1S/C13H16ClNO4S/c1-20(17,18)12-7-9(4-5-11(12)14)13(16)15-8-10-3-2-6-19-10/h4-5,7,10H,2-3,6,8H2,1H3,(H,15,16). The van der Waals surface area contributed by atoms with Crippen LogP contribution < -0.4 is 5.32 Å². The van der Waals surface area contributed by atoms with Crippen LogP contribution in [-0.4, -0.2) is 39.8 Å². The number of rotatable bonds is 4. The first-order chi connectivity index (χ1) is 9.38. The topological polar surface area (TPSA) is 72.5 Å². The number of hydrogen-bond donors (Lipinski definition) is 1. The van der Waals surface area contributed by atoms with Crippen molar-refractivity contribution in [2.45, 2.75) is 23.8 Å². The molecular weight excluding hydrogens is 302 g/mol. The molecule has 20 heavy (non-hydrogen) atoms. The van der Waals surface area contributed by atoms with Gasteiger partial charge in [-0.05, 0) is 31.0 Å². The van der Waals surface area contributed by atoms with Crippen LogP contribution in [-0.2, 0) is 14.6 Å². The van der Waals surface area contributed by atoms with E-state index in [9.17, 15) is 13.2 Å². The van der Waals surface area contributed by atoms with Crippen molar-refractivity contribution in [3.63, 3.8) is 0 Å². The van der Waals surface area contributed by atoms with Gasteiger partial charge in [0.15, 0.2) is 9.84 Å². The lowest BCUT2D eigenvalue weighted by molar-refractivity contribution is 0.0857. The van der Waals surface area contributed by atoms with Crippen LogP contribution in [0, 0.1) is 0 Å². The number of benzene rings is 1. The van der Waals surface area contributed by atoms with Crippen LogP contribution in [0.15, 0.2) is 23.1 Å². The van der Waals surface area contributed by atoms with Crippen LogP contribution >= 0.6 is 11.6 Å². The first-order valence-electron chi connectivity index (χ1n) is 6.27. The molecule has 1 aliphatic rings. The highest BCUT2D eigenvalue weighted by Crippen LogP contribution is 2.22. The van der Waals surface area contributed by atoms with Crippen molar-refractivity contribution in [1.29, 1.82) is 0 Å². The minimum Gasteiger partial charge on any atom is -0.376 e. The molecule has 0 saturated carbocycles. The molecule has 1 unspecified atom stereocenters. The molecule has 1 atom stereocenters. The first kappa shape index (κ1) is 15.3. The van der Waals surface area contributed by atoms with Crippen LogP contribution in [0.25, 0.3) is 0 Å². The van der Waals surface area contributed by atoms with Crippen molar-refractivity contribution in [3.05, 3.63) is 28.8 Å². The summed E-state index contributed by atoms with van der Waals surface area (Å²) in [4.78, 5) is 11.9. The molecule has 0 aromatic heterocycles. The van der Waals surface area contributed by atoms with E-state index in [2.05, 4.69) is 5.32 Å². The third kappa shape index (κ3) is 3.71. The smallest absolute Gasteiger partial charge is 0.251 e. The van der Waals surface area contributed by atoms with Gasteiger partial charge in [0.05, 0.1) is 16.0 Å². The minimum absolute atomic E-state index is 0.0380. The van der Waals surface area contributed by atoms with Gasteiger partial charge in [0.1, 0.15) is 0 Å². The molecule has 1 aromatic rings. The van der Waals surface area contributed by atoms with E-state index >= 15 is 0 Å². The van der Waals surface area contributed by atoms with Crippen LogP contribution in [0.5, 0.6) is 0 Å². The Labute approximate surface area is 123 Å². The van der Waals surface area contributed by atoms with E-state index in [4.69, 9.17) is 16.3 Å². The second-order valence-corrected chi connectivity index (χ2v) is 7.15. The van der Waals surface area contributed by atoms with Crippen LogP contribution in [0.2, 0.25) is 5.02 Å². The third-order valence-corrected chi connectivity index (χ3v) is 4.69. The molecule has 1 saturated heterocycles. The van der Waals surface area contributed by atoms with Gasteiger partial charge in [-0.1, -0.05) is 11.6 Å². The van der Waals surface area contributed by atoms with Gasteiger partial charge in [-0.15, -0.1) is 0 Å². The van der Waals surface area contributed by atoms with Crippen LogP contribution in [0.3, 0.4) is 0 Å². The Morgan fingerprint density at radius 2 is 2.25 bits per heavy atom. The molecule has 0 spiro atoms. The molecule has 1 aliphatic heterocycles. The van der Waals surface area contributed by atoms with Gasteiger partial charge in [0.25, 0.3) is 5.91 Å². The number of halogens is 1. The van der Waals surface area contributed by atoms with Crippen molar-refractivity contribution in [1.82, 2.24) is 5.32 Å². The summed E-state index contributed by atoms with van der Waals surface area (Å²) >= 11 is 5.84. The second-order valence-electron chi connectivity index (χ2n) is 4.76. The van der Waals surface area contributed by atoms with E-state index in [0.29, 0.717) is 6.54 Å². The van der Waals surface area contributed by atoms with E-state index in [1.54, 1.807) is 0 Å². The molecular formula is C13H16ClNO4S. The zero-order valence-electron chi connectivity index (χ0n) is 11.1. The lowest BCUT2D eigenvalue weighted by atomic mass is 10.2. The molecule has 5 nitrogen and oxygen atoms in total. The van der Waals surface area contributed by atoms with Gasteiger partial charge in [-0.3, -0.25) is 4.79 Å². The highest BCUT2D eigenvalue weighted by molar-refractivity contribution is 7.90. The number of nitrogens with one attached hydrogen (secondary N) is 1. The summed E-state index contributed by atoms with van der Waals surface area (Å²) in [5.41, 5.74) is 0.271. The first-order valence-corrected chi connectivity index (χ1v) is 8.54. The Balaban J connectivity index is 2.10. The van der Waals surface area contributed by atoms with Gasteiger partial charge in [-0.2, -0.15) is 0 Å². The molecule has 1 fully saturated rings. The fourth-order valence-corrected chi connectivity index (χ4v) is 3.34. The summed E-state index contributed by atoms with van der Waals surface area (Å²) in [5.74, 6) is -0.331. The van der Waals surface area contributed by atoms with Gasteiger partial charge in [-0.25, -0.2) is 8.42 Å². The fourth-order valence-electron chi connectivity index (χ4n) is 2.04. The zero-order valence-corrected chi connectivity index (χ0v) is 12.6. The molecule has 7 heteroatoms. The van der Waals surface area contributed by atoms with Crippen LogP contribution in [0.1, 0.15) is 23.2 Å². The number of amides is 1. The maximum absolute atomic E-state index is 12.0. The van der Waals surface area contributed by atoms with Crippen molar-refractivity contribution >= 4 is 27.3 Å². The van der Waals surface area contributed by atoms with E-state index in [0.717, 1.165) is 25.7 Å². The maximum atomic E-state index is 12.0. The molecule has 1 amide bonds. The van der Waals surface area contributed by atoms with E-state index in [1.807, 2.05) is 0 Å². The Bertz CT molecular complexity index is 609. The predicted octanol–water partition coefficient (Wildman–Crippen LogP) is 1.65. The van der Waals surface area contributed by atoms with E-state index < -0.39 is 9.84 Å². The van der Waals surface area contributed by atoms with Crippen LogP contribution in [0.4, 0.5) is 0 Å². The number of carbonyl (C=O) groups is 1. The molecule has 0 bridgehead atoms. The summed E-state index contributed by atoms with van der Waals surface area (Å²) in [7, 11) is -3.46. The van der Waals surface area contributed by atoms with Gasteiger partial charge >= 0.3 is 0 Å². The van der Waals surface area contributed by atoms with Crippen molar-refractivity contribution in [2.24, 2.45) is 0 Å². The van der Waals surface area contributed by atoms with Gasteiger partial charge in [0, 0.05) is 25.0 Å². The van der Waals surface area contributed by atoms with Crippen molar-refractivity contribution < 1.29 is 17.9 Å². The number of ether oxygens (including phenoxy) is 1. The fraction of sp³-hybridized carbons (Fsp3) is 0.462. The molecule has 110 valence electrons. The quantitative estimate of drug-likeness (QED) is 0.916. The summed E-state index contributed by atoms with van der Waals surface area (Å²) in [6.45, 7) is 1.15. The summed E-state index contributed by atoms with van der Waals surface area (Å²) in [6, 6.07) is 4.21. The van der Waals surface area contributed by atoms with Gasteiger partial charge in [0.2, 0.25) is 0 Å². The normalized spacial score (nSPS) is 19.0. The highest BCUT2D eigenvalue weighted by atomic mass is 35.5. The molecule has 1 N–H and O–H groups in total. The Hall–Kier alpha value is -1.11. The lowest BCUT2D eigenvalue weighted by Gasteiger charge is -2.11. The Kier molecular flexibility index (Phi) is 4.67. The molecule has 0 aliphatic carbocycles. The second kappa shape index (κ2) is 6.11. The molecule has 2 rings (SSSR count). The zero-order chi connectivity index (χ0) is 14.8. The van der Waals surface area contributed by atoms with Crippen molar-refractivity contribution in [3.8, 4) is 0 Å². The van der Waals surface area contributed by atoms with Gasteiger partial charge < -0.3 is 10.1 Å². The predicted molar refractivity (Wildman–Crippen MR) is 75.9 cm³/mol. The summed E-state index contributed by atoms with van der Waals surface area (Å²) in [5, 5.41) is 2.85.